The van der Waals surface area contributed by atoms with E-state index in [1.54, 1.807) is 13.0 Å². The average Bonchev–Trinajstić information content (AvgIpc) is 3.04. The Bertz CT molecular complexity index is 1740. The molecule has 0 bridgehead atoms. The van der Waals surface area contributed by atoms with Crippen molar-refractivity contribution in [2.24, 2.45) is 5.73 Å². The summed E-state index contributed by atoms with van der Waals surface area (Å²) in [6, 6.07) is 4.28. The smallest absolute Gasteiger partial charge is 0.338 e. The van der Waals surface area contributed by atoms with Crippen LogP contribution in [0.4, 0.5) is 0 Å². The lowest BCUT2D eigenvalue weighted by Crippen LogP contribution is -2.69. The van der Waals surface area contributed by atoms with Crippen LogP contribution in [-0.4, -0.2) is 111 Å². The van der Waals surface area contributed by atoms with Crippen molar-refractivity contribution in [3.8, 4) is 5.75 Å². The van der Waals surface area contributed by atoms with Gasteiger partial charge in [0, 0.05) is 52.1 Å². The quantitative estimate of drug-likeness (QED) is 0.182. The molecule has 10 atom stereocenters. The van der Waals surface area contributed by atoms with Gasteiger partial charge in [-0.2, -0.15) is 0 Å². The van der Waals surface area contributed by atoms with E-state index in [1.807, 2.05) is 0 Å². The molecule has 2 aliphatic rings. The number of ether oxygens (including phenoxy) is 10. The Hall–Kier alpha value is -5.11. The summed E-state index contributed by atoms with van der Waals surface area (Å²) in [4.78, 5) is 86.1. The van der Waals surface area contributed by atoms with Gasteiger partial charge in [0.05, 0.1) is 13.2 Å². The minimum Gasteiger partial charge on any atom is -0.467 e. The lowest BCUT2D eigenvalue weighted by molar-refractivity contribution is -0.333. The van der Waals surface area contributed by atoms with E-state index in [1.165, 1.54) is 18.2 Å². The molecule has 4 rings (SSSR count). The second-order valence-electron chi connectivity index (χ2n) is 11.8. The van der Waals surface area contributed by atoms with Gasteiger partial charge in [0.25, 0.3) is 0 Å². The van der Waals surface area contributed by atoms with Crippen molar-refractivity contribution in [3.05, 3.63) is 40.2 Å². The molecule has 52 heavy (non-hydrogen) atoms. The van der Waals surface area contributed by atoms with Crippen molar-refractivity contribution < 1.29 is 80.6 Å². The van der Waals surface area contributed by atoms with E-state index in [-0.39, 0.29) is 11.3 Å². The number of hydrogen-bond acceptors (Lipinski definition) is 19. The van der Waals surface area contributed by atoms with Gasteiger partial charge in [-0.05, 0) is 24.6 Å². The maximum atomic E-state index is 13.3. The molecule has 1 aromatic carbocycles. The van der Waals surface area contributed by atoms with Gasteiger partial charge in [0.15, 0.2) is 30.7 Å². The van der Waals surface area contributed by atoms with Crippen LogP contribution >= 0.6 is 0 Å². The first-order valence-corrected chi connectivity index (χ1v) is 15.8. The lowest BCUT2D eigenvalue weighted by Gasteiger charge is -2.48. The molecule has 2 aromatic rings. The maximum Gasteiger partial charge on any atom is 0.338 e. The highest BCUT2D eigenvalue weighted by Gasteiger charge is 2.58. The van der Waals surface area contributed by atoms with Crippen molar-refractivity contribution in [2.45, 2.75) is 103 Å². The number of methoxy groups -OCH3 is 1. The first-order chi connectivity index (χ1) is 24.5. The molecule has 3 heterocycles. The predicted molar refractivity (Wildman–Crippen MR) is 169 cm³/mol. The Kier molecular flexibility index (Phi) is 12.9. The largest absolute Gasteiger partial charge is 0.467 e. The highest BCUT2D eigenvalue weighted by Crippen LogP contribution is 2.35. The zero-order valence-corrected chi connectivity index (χ0v) is 29.2. The van der Waals surface area contributed by atoms with Crippen LogP contribution in [0.25, 0.3) is 11.0 Å². The number of benzene rings is 1. The summed E-state index contributed by atoms with van der Waals surface area (Å²) in [5.74, 6) is -5.24. The third kappa shape index (κ3) is 9.60. The van der Waals surface area contributed by atoms with Gasteiger partial charge in [-0.25, -0.2) is 9.59 Å². The number of carbonyl (C=O) groups excluding carboxylic acids is 6. The molecule has 2 aliphatic heterocycles. The number of hydrogen-bond donors (Lipinski definition) is 1. The number of fused-ring (bicyclic) bond motifs is 1. The van der Waals surface area contributed by atoms with Gasteiger partial charge in [0.2, 0.25) is 12.4 Å². The van der Waals surface area contributed by atoms with Gasteiger partial charge < -0.3 is 57.5 Å². The number of esters is 6. The standard InChI is InChI=1S/C33H39NO18/c1-13-10-23(40)49-21-11-19(8-9-20(13)21)48-33-30(47-18(6)39)28(46-17(5)38)27(29(52-33)31(41)42-7)51-32-24(34)26(45-16(4)37)25(44-15(3)36)22(50-32)12-43-14(2)35/h8-11,22,24-30,32-33H,12,34H2,1-7H3. The van der Waals surface area contributed by atoms with Gasteiger partial charge in [-0.1, -0.05) is 0 Å². The monoisotopic (exact) mass is 737 g/mol. The van der Waals surface area contributed by atoms with Gasteiger partial charge in [-0.3, -0.25) is 24.0 Å². The van der Waals surface area contributed by atoms with E-state index in [9.17, 15) is 33.6 Å². The first-order valence-electron chi connectivity index (χ1n) is 15.8. The van der Waals surface area contributed by atoms with Gasteiger partial charge >= 0.3 is 41.4 Å². The zero-order chi connectivity index (χ0) is 38.4. The molecule has 0 saturated carbocycles. The zero-order valence-electron chi connectivity index (χ0n) is 29.2. The molecule has 0 amide bonds. The molecular weight excluding hydrogens is 698 g/mol. The second kappa shape index (κ2) is 16.9. The van der Waals surface area contributed by atoms with Crippen molar-refractivity contribution in [2.75, 3.05) is 13.7 Å². The summed E-state index contributed by atoms with van der Waals surface area (Å²) >= 11 is 0. The highest BCUT2D eigenvalue weighted by molar-refractivity contribution is 5.81. The second-order valence-corrected chi connectivity index (χ2v) is 11.8. The van der Waals surface area contributed by atoms with Crippen LogP contribution in [0.1, 0.15) is 40.2 Å². The average molecular weight is 738 g/mol. The topological polar surface area (TPSA) is 251 Å². The van der Waals surface area contributed by atoms with Crippen LogP contribution in [0.5, 0.6) is 5.75 Å². The van der Waals surface area contributed by atoms with E-state index in [0.29, 0.717) is 10.9 Å². The summed E-state index contributed by atoms with van der Waals surface area (Å²) in [5.41, 5.74) is 6.60. The van der Waals surface area contributed by atoms with Crippen molar-refractivity contribution >= 4 is 46.8 Å². The van der Waals surface area contributed by atoms with E-state index >= 15 is 0 Å². The van der Waals surface area contributed by atoms with Crippen LogP contribution in [-0.2, 0) is 71.4 Å². The summed E-state index contributed by atoms with van der Waals surface area (Å²) in [6.07, 6.45) is -14.5. The molecule has 1 aromatic heterocycles. The highest BCUT2D eigenvalue weighted by atomic mass is 16.8. The minimum atomic E-state index is -1.81. The summed E-state index contributed by atoms with van der Waals surface area (Å²) in [7, 11) is 1.03. The Balaban J connectivity index is 1.77. The van der Waals surface area contributed by atoms with Gasteiger partial charge in [-0.15, -0.1) is 0 Å². The fourth-order valence-corrected chi connectivity index (χ4v) is 5.72. The molecule has 284 valence electrons. The summed E-state index contributed by atoms with van der Waals surface area (Å²) in [5, 5.41) is 0.588. The fourth-order valence-electron chi connectivity index (χ4n) is 5.72. The van der Waals surface area contributed by atoms with Crippen LogP contribution < -0.4 is 16.1 Å². The molecule has 2 N–H and O–H groups in total. The molecule has 2 saturated heterocycles. The molecule has 10 unspecified atom stereocenters. The third-order valence-electron chi connectivity index (χ3n) is 7.75. The Morgan fingerprint density at radius 1 is 0.731 bits per heavy atom. The van der Waals surface area contributed by atoms with Crippen molar-refractivity contribution in [1.82, 2.24) is 0 Å². The molecule has 0 radical (unpaired) electrons. The minimum absolute atomic E-state index is 0.0275. The number of aryl methyl sites for hydroxylation is 1. The normalized spacial score (nSPS) is 28.5. The predicted octanol–water partition coefficient (Wildman–Crippen LogP) is 0.105. The van der Waals surface area contributed by atoms with E-state index < -0.39 is 109 Å². The van der Waals surface area contributed by atoms with E-state index in [0.717, 1.165) is 41.7 Å². The van der Waals surface area contributed by atoms with E-state index in [2.05, 4.69) is 0 Å². The molecular formula is C33H39NO18. The Labute approximate surface area is 295 Å². The van der Waals surface area contributed by atoms with Crippen LogP contribution in [0.3, 0.4) is 0 Å². The summed E-state index contributed by atoms with van der Waals surface area (Å²) < 4.78 is 61.3. The molecule has 19 nitrogen and oxygen atoms in total. The summed E-state index contributed by atoms with van der Waals surface area (Å²) in [6.45, 7) is 6.51. The van der Waals surface area contributed by atoms with E-state index in [4.69, 9.17) is 57.5 Å². The van der Waals surface area contributed by atoms with Crippen LogP contribution in [0.2, 0.25) is 0 Å². The fraction of sp³-hybridized carbons (Fsp3) is 0.545. The first kappa shape index (κ1) is 39.7. The van der Waals surface area contributed by atoms with Gasteiger partial charge in [0.1, 0.15) is 30.1 Å². The molecule has 0 spiro atoms. The number of carbonyl (C=O) groups is 6. The Morgan fingerprint density at radius 2 is 1.33 bits per heavy atom. The van der Waals surface area contributed by atoms with Crippen molar-refractivity contribution in [1.29, 1.82) is 0 Å². The number of rotatable bonds is 11. The maximum absolute atomic E-state index is 13.3. The molecule has 2 fully saturated rings. The lowest BCUT2D eigenvalue weighted by atomic mass is 9.95. The van der Waals surface area contributed by atoms with Crippen LogP contribution in [0.15, 0.2) is 33.5 Å². The van der Waals surface area contributed by atoms with Crippen LogP contribution in [0, 0.1) is 6.92 Å². The molecule has 0 aliphatic carbocycles. The molecule has 19 heteroatoms. The SMILES string of the molecule is COC(=O)C1OC(Oc2ccc3c(C)cc(=O)oc3c2)C(OC(C)=O)C(OC(C)=O)C1OC1OC(COC(C)=O)C(OC(C)=O)C(OC(C)=O)C1N. The van der Waals surface area contributed by atoms with Crippen molar-refractivity contribution in [3.63, 3.8) is 0 Å². The Morgan fingerprint density at radius 3 is 1.92 bits per heavy atom. The third-order valence-corrected chi connectivity index (χ3v) is 7.75. The number of nitrogens with two attached hydrogens (primary N) is 1.